The van der Waals surface area contributed by atoms with Gasteiger partial charge < -0.3 is 15.7 Å². The molecule has 2 atom stereocenters. The molecule has 6 heteroatoms. The van der Waals surface area contributed by atoms with Crippen molar-refractivity contribution < 1.29 is 9.90 Å². The van der Waals surface area contributed by atoms with Gasteiger partial charge in [0.15, 0.2) is 0 Å². The zero-order valence-electron chi connectivity index (χ0n) is 11.1. The van der Waals surface area contributed by atoms with E-state index in [4.69, 9.17) is 0 Å². The summed E-state index contributed by atoms with van der Waals surface area (Å²) in [5.41, 5.74) is 1.14. The van der Waals surface area contributed by atoms with Crippen LogP contribution in [0.5, 0.6) is 0 Å². The second-order valence-corrected chi connectivity index (χ2v) is 5.74. The molecular formula is C14H20BrClN2O2. The highest BCUT2D eigenvalue weighted by Crippen LogP contribution is 2.17. The van der Waals surface area contributed by atoms with Gasteiger partial charge in [0.2, 0.25) is 5.91 Å². The van der Waals surface area contributed by atoms with Crippen molar-refractivity contribution in [3.05, 3.63) is 34.3 Å². The molecule has 0 aromatic heterocycles. The maximum absolute atomic E-state index is 11.8. The Labute approximate surface area is 133 Å². The first-order chi connectivity index (χ1) is 9.16. The second-order valence-electron chi connectivity index (χ2n) is 4.88. The molecular weight excluding hydrogens is 344 g/mol. The lowest BCUT2D eigenvalue weighted by Gasteiger charge is -2.14. The highest BCUT2D eigenvalue weighted by atomic mass is 79.9. The van der Waals surface area contributed by atoms with Crippen LogP contribution in [-0.4, -0.2) is 36.8 Å². The van der Waals surface area contributed by atoms with Gasteiger partial charge in [0.25, 0.3) is 0 Å². The molecule has 1 fully saturated rings. The number of aliphatic hydroxyl groups is 1. The van der Waals surface area contributed by atoms with Gasteiger partial charge in [-0.1, -0.05) is 34.1 Å². The largest absolute Gasteiger partial charge is 0.391 e. The fourth-order valence-electron chi connectivity index (χ4n) is 2.21. The van der Waals surface area contributed by atoms with Crippen LogP contribution in [0, 0.1) is 5.92 Å². The molecule has 0 saturated carbocycles. The average Bonchev–Trinajstić information content (AvgIpc) is 2.81. The van der Waals surface area contributed by atoms with Crippen LogP contribution in [0.2, 0.25) is 0 Å². The van der Waals surface area contributed by atoms with Crippen molar-refractivity contribution >= 4 is 34.2 Å². The first kappa shape index (κ1) is 17.4. The van der Waals surface area contributed by atoms with Crippen molar-refractivity contribution in [3.63, 3.8) is 0 Å². The summed E-state index contributed by atoms with van der Waals surface area (Å²) in [6.45, 7) is 1.94. The number of carbonyl (C=O) groups is 1. The monoisotopic (exact) mass is 362 g/mol. The number of rotatable bonds is 5. The molecule has 1 aromatic carbocycles. The fraction of sp³-hybridized carbons (Fsp3) is 0.500. The smallest absolute Gasteiger partial charge is 0.220 e. The number of hydrogen-bond donors (Lipinski definition) is 3. The van der Waals surface area contributed by atoms with Gasteiger partial charge in [-0.2, -0.15) is 0 Å². The van der Waals surface area contributed by atoms with Crippen LogP contribution in [0.25, 0.3) is 0 Å². The maximum atomic E-state index is 11.8. The minimum Gasteiger partial charge on any atom is -0.391 e. The molecule has 1 amide bonds. The summed E-state index contributed by atoms with van der Waals surface area (Å²) >= 11 is 3.47. The van der Waals surface area contributed by atoms with Gasteiger partial charge in [-0.25, -0.2) is 0 Å². The van der Waals surface area contributed by atoms with E-state index in [1.807, 2.05) is 24.3 Å². The van der Waals surface area contributed by atoms with Crippen molar-refractivity contribution in [2.45, 2.75) is 18.9 Å². The zero-order chi connectivity index (χ0) is 13.7. The molecule has 1 aliphatic rings. The van der Waals surface area contributed by atoms with Gasteiger partial charge in [-0.15, -0.1) is 12.4 Å². The third kappa shape index (κ3) is 5.05. The SMILES string of the molecule is Cl.O=C(CCc1ccccc1Br)NCC1CNCC1O. The predicted molar refractivity (Wildman–Crippen MR) is 85.1 cm³/mol. The highest BCUT2D eigenvalue weighted by molar-refractivity contribution is 9.10. The lowest BCUT2D eigenvalue weighted by Crippen LogP contribution is -2.34. The molecule has 0 spiro atoms. The molecule has 0 bridgehead atoms. The summed E-state index contributed by atoms with van der Waals surface area (Å²) in [4.78, 5) is 11.8. The molecule has 2 rings (SSSR count). The topological polar surface area (TPSA) is 61.4 Å². The Morgan fingerprint density at radius 1 is 1.40 bits per heavy atom. The van der Waals surface area contributed by atoms with Crippen LogP contribution in [-0.2, 0) is 11.2 Å². The molecule has 3 N–H and O–H groups in total. The Bertz CT molecular complexity index is 445. The van der Waals surface area contributed by atoms with Crippen molar-refractivity contribution in [1.82, 2.24) is 10.6 Å². The molecule has 0 radical (unpaired) electrons. The first-order valence-corrected chi connectivity index (χ1v) is 7.35. The summed E-state index contributed by atoms with van der Waals surface area (Å²) in [6.07, 6.45) is 0.848. The van der Waals surface area contributed by atoms with Gasteiger partial charge in [-0.3, -0.25) is 4.79 Å². The van der Waals surface area contributed by atoms with Crippen LogP contribution in [0.3, 0.4) is 0 Å². The number of carbonyl (C=O) groups excluding carboxylic acids is 1. The normalized spacial score (nSPS) is 21.3. The number of aryl methyl sites for hydroxylation is 1. The summed E-state index contributed by atoms with van der Waals surface area (Å²) in [6, 6.07) is 7.93. The summed E-state index contributed by atoms with van der Waals surface area (Å²) in [7, 11) is 0. The zero-order valence-corrected chi connectivity index (χ0v) is 13.5. The highest BCUT2D eigenvalue weighted by Gasteiger charge is 2.24. The van der Waals surface area contributed by atoms with Gasteiger partial charge in [0.05, 0.1) is 6.10 Å². The number of benzene rings is 1. The predicted octanol–water partition coefficient (Wildman–Crippen LogP) is 1.50. The van der Waals surface area contributed by atoms with Crippen LogP contribution in [0.4, 0.5) is 0 Å². The minimum absolute atomic E-state index is 0. The van der Waals surface area contributed by atoms with Gasteiger partial charge >= 0.3 is 0 Å². The Hall–Kier alpha value is -0.620. The average molecular weight is 364 g/mol. The fourth-order valence-corrected chi connectivity index (χ4v) is 2.69. The molecule has 1 aliphatic heterocycles. The molecule has 4 nitrogen and oxygen atoms in total. The Kier molecular flexibility index (Phi) is 7.51. The van der Waals surface area contributed by atoms with E-state index < -0.39 is 0 Å². The quantitative estimate of drug-likeness (QED) is 0.743. The van der Waals surface area contributed by atoms with E-state index in [-0.39, 0.29) is 30.3 Å². The van der Waals surface area contributed by atoms with E-state index in [0.29, 0.717) is 19.5 Å². The Balaban J connectivity index is 0.00000200. The third-order valence-corrected chi connectivity index (χ3v) is 4.22. The Morgan fingerprint density at radius 2 is 2.15 bits per heavy atom. The van der Waals surface area contributed by atoms with Crippen LogP contribution in [0.1, 0.15) is 12.0 Å². The van der Waals surface area contributed by atoms with E-state index in [2.05, 4.69) is 26.6 Å². The van der Waals surface area contributed by atoms with Crippen molar-refractivity contribution in [2.75, 3.05) is 19.6 Å². The number of hydrogen-bond acceptors (Lipinski definition) is 3. The molecule has 112 valence electrons. The molecule has 0 aliphatic carbocycles. The number of aliphatic hydroxyl groups excluding tert-OH is 1. The van der Waals surface area contributed by atoms with Crippen molar-refractivity contribution in [1.29, 1.82) is 0 Å². The number of halogens is 2. The second kappa shape index (κ2) is 8.62. The standard InChI is InChI=1S/C14H19BrN2O2.ClH/c15-12-4-2-1-3-10(12)5-6-14(19)17-8-11-7-16-9-13(11)18;/h1-4,11,13,16,18H,5-9H2,(H,17,19);1H. The maximum Gasteiger partial charge on any atom is 0.220 e. The summed E-state index contributed by atoms with van der Waals surface area (Å²) in [5.74, 6) is 0.169. The van der Waals surface area contributed by atoms with E-state index >= 15 is 0 Å². The van der Waals surface area contributed by atoms with E-state index in [0.717, 1.165) is 23.0 Å². The van der Waals surface area contributed by atoms with Crippen molar-refractivity contribution in [2.24, 2.45) is 5.92 Å². The number of nitrogens with one attached hydrogen (secondary N) is 2. The van der Waals surface area contributed by atoms with E-state index in [9.17, 15) is 9.90 Å². The van der Waals surface area contributed by atoms with E-state index in [1.165, 1.54) is 0 Å². The Morgan fingerprint density at radius 3 is 2.80 bits per heavy atom. The lowest BCUT2D eigenvalue weighted by molar-refractivity contribution is -0.121. The molecule has 1 aromatic rings. The van der Waals surface area contributed by atoms with Crippen LogP contribution < -0.4 is 10.6 Å². The van der Waals surface area contributed by atoms with Gasteiger partial charge in [0.1, 0.15) is 0 Å². The van der Waals surface area contributed by atoms with E-state index in [1.54, 1.807) is 0 Å². The number of amides is 1. The van der Waals surface area contributed by atoms with Crippen LogP contribution in [0.15, 0.2) is 28.7 Å². The summed E-state index contributed by atoms with van der Waals surface area (Å²) in [5, 5.41) is 15.6. The molecule has 1 saturated heterocycles. The molecule has 1 heterocycles. The molecule has 2 unspecified atom stereocenters. The first-order valence-electron chi connectivity index (χ1n) is 6.55. The van der Waals surface area contributed by atoms with Gasteiger partial charge in [-0.05, 0) is 18.1 Å². The van der Waals surface area contributed by atoms with Crippen molar-refractivity contribution in [3.8, 4) is 0 Å². The third-order valence-electron chi connectivity index (χ3n) is 3.44. The molecule has 20 heavy (non-hydrogen) atoms. The van der Waals surface area contributed by atoms with Crippen LogP contribution >= 0.6 is 28.3 Å². The minimum atomic E-state index is -0.344. The summed E-state index contributed by atoms with van der Waals surface area (Å²) < 4.78 is 1.04. The lowest BCUT2D eigenvalue weighted by atomic mass is 10.1. The number of β-amino-alcohol motifs (C(OH)–C–C–N with tert-alkyl or cyclic N) is 1. The van der Waals surface area contributed by atoms with Gasteiger partial charge in [0, 0.05) is 36.4 Å².